The topological polar surface area (TPSA) is 86.7 Å². The number of rotatable bonds is 3. The molecule has 1 rings (SSSR count). The highest BCUT2D eigenvalue weighted by Crippen LogP contribution is 2.10. The minimum absolute atomic E-state index is 0.347. The molecule has 1 aliphatic heterocycles. The molecular formula is C8H16N2O4S. The zero-order valence-corrected chi connectivity index (χ0v) is 9.46. The van der Waals surface area contributed by atoms with Gasteiger partial charge in [-0.2, -0.15) is 4.31 Å². The molecule has 15 heavy (non-hydrogen) atoms. The van der Waals surface area contributed by atoms with E-state index in [4.69, 9.17) is 5.11 Å². The summed E-state index contributed by atoms with van der Waals surface area (Å²) in [4.78, 5) is 10.7. The van der Waals surface area contributed by atoms with E-state index in [-0.39, 0.29) is 0 Å². The number of aliphatic carboxylic acids is 1. The van der Waals surface area contributed by atoms with Crippen LogP contribution in [0.15, 0.2) is 0 Å². The fourth-order valence-corrected chi connectivity index (χ4v) is 2.86. The smallest absolute Gasteiger partial charge is 0.323 e. The average molecular weight is 236 g/mol. The molecule has 1 aliphatic rings. The van der Waals surface area contributed by atoms with E-state index in [1.165, 1.54) is 11.2 Å². The minimum Gasteiger partial charge on any atom is -0.480 e. The fraction of sp³-hybridized carbons (Fsp3) is 0.875. The van der Waals surface area contributed by atoms with Gasteiger partial charge in [-0.05, 0) is 19.9 Å². The van der Waals surface area contributed by atoms with Crippen molar-refractivity contribution in [2.45, 2.75) is 18.6 Å². The normalized spacial score (nSPS) is 21.9. The maximum Gasteiger partial charge on any atom is 0.323 e. The highest BCUT2D eigenvalue weighted by atomic mass is 32.2. The zero-order chi connectivity index (χ0) is 11.5. The quantitative estimate of drug-likeness (QED) is 0.662. The van der Waals surface area contributed by atoms with Crippen LogP contribution in [0.5, 0.6) is 0 Å². The van der Waals surface area contributed by atoms with Gasteiger partial charge in [0, 0.05) is 19.6 Å². The molecule has 2 N–H and O–H groups in total. The summed E-state index contributed by atoms with van der Waals surface area (Å²) < 4.78 is 24.8. The number of carbonyl (C=O) groups is 1. The van der Waals surface area contributed by atoms with Crippen LogP contribution in [0.25, 0.3) is 0 Å². The second-order valence-electron chi connectivity index (χ2n) is 3.53. The lowest BCUT2D eigenvalue weighted by molar-refractivity contribution is -0.136. The number of nitrogens with zero attached hydrogens (tertiary/aromatic N) is 1. The molecule has 0 aromatic rings. The van der Waals surface area contributed by atoms with E-state index in [0.29, 0.717) is 26.1 Å². The fourth-order valence-electron chi connectivity index (χ4n) is 1.43. The summed E-state index contributed by atoms with van der Waals surface area (Å²) in [5, 5.41) is 10.4. The van der Waals surface area contributed by atoms with Gasteiger partial charge in [0.1, 0.15) is 0 Å². The molecule has 1 saturated heterocycles. The van der Waals surface area contributed by atoms with Crippen molar-refractivity contribution in [3.63, 3.8) is 0 Å². The van der Waals surface area contributed by atoms with Gasteiger partial charge >= 0.3 is 5.97 Å². The number of carboxylic acid groups (broad SMARTS) is 1. The van der Waals surface area contributed by atoms with Crippen molar-refractivity contribution in [2.24, 2.45) is 0 Å². The highest BCUT2D eigenvalue weighted by molar-refractivity contribution is 7.90. The van der Waals surface area contributed by atoms with Crippen molar-refractivity contribution < 1.29 is 18.3 Å². The Labute approximate surface area is 89.3 Å². The highest BCUT2D eigenvalue weighted by Gasteiger charge is 2.33. The Morgan fingerprint density at radius 2 is 2.07 bits per heavy atom. The van der Waals surface area contributed by atoms with Crippen LogP contribution < -0.4 is 5.32 Å². The van der Waals surface area contributed by atoms with Crippen molar-refractivity contribution in [1.29, 1.82) is 0 Å². The summed E-state index contributed by atoms with van der Waals surface area (Å²) in [5.74, 6) is -1.30. The lowest BCUT2D eigenvalue weighted by atomic mass is 10.4. The molecule has 1 atom stereocenters. The van der Waals surface area contributed by atoms with Crippen molar-refractivity contribution in [1.82, 2.24) is 9.62 Å². The third kappa shape index (κ3) is 2.90. The molecule has 0 saturated carbocycles. The summed E-state index contributed by atoms with van der Waals surface area (Å²) in [7, 11) is -3.69. The number of hydrogen-bond acceptors (Lipinski definition) is 4. The summed E-state index contributed by atoms with van der Waals surface area (Å²) >= 11 is 0. The number of hydrogen-bond donors (Lipinski definition) is 2. The van der Waals surface area contributed by atoms with Gasteiger partial charge in [-0.3, -0.25) is 4.79 Å². The largest absolute Gasteiger partial charge is 0.480 e. The predicted octanol–water partition coefficient (Wildman–Crippen LogP) is -0.915. The molecule has 0 aromatic heterocycles. The third-order valence-electron chi connectivity index (χ3n) is 2.45. The van der Waals surface area contributed by atoms with Crippen LogP contribution >= 0.6 is 0 Å². The second-order valence-corrected chi connectivity index (χ2v) is 5.78. The molecule has 0 radical (unpaired) electrons. The molecule has 6 nitrogen and oxygen atoms in total. The van der Waals surface area contributed by atoms with Gasteiger partial charge in [-0.15, -0.1) is 0 Å². The molecule has 0 spiro atoms. The Morgan fingerprint density at radius 1 is 1.40 bits per heavy atom. The van der Waals surface area contributed by atoms with E-state index >= 15 is 0 Å². The van der Waals surface area contributed by atoms with Crippen LogP contribution in [0.4, 0.5) is 0 Å². The Hall–Kier alpha value is -0.660. The van der Waals surface area contributed by atoms with Gasteiger partial charge in [0.15, 0.2) is 5.25 Å². The second kappa shape index (κ2) is 4.91. The van der Waals surface area contributed by atoms with Crippen LogP contribution in [-0.4, -0.2) is 55.2 Å². The first kappa shape index (κ1) is 12.4. The first-order chi connectivity index (χ1) is 6.96. The predicted molar refractivity (Wildman–Crippen MR) is 55.1 cm³/mol. The Bertz CT molecular complexity index is 320. The van der Waals surface area contributed by atoms with Crippen LogP contribution in [0.3, 0.4) is 0 Å². The summed E-state index contributed by atoms with van der Waals surface area (Å²) in [5.41, 5.74) is 0. The van der Waals surface area contributed by atoms with Crippen LogP contribution in [0.1, 0.15) is 13.3 Å². The van der Waals surface area contributed by atoms with Crippen molar-refractivity contribution >= 4 is 16.0 Å². The molecule has 1 unspecified atom stereocenters. The zero-order valence-electron chi connectivity index (χ0n) is 8.64. The molecule has 0 bridgehead atoms. The van der Waals surface area contributed by atoms with Crippen LogP contribution in [0, 0.1) is 0 Å². The van der Waals surface area contributed by atoms with Gasteiger partial charge in [0.05, 0.1) is 0 Å². The van der Waals surface area contributed by atoms with E-state index in [1.54, 1.807) is 0 Å². The van der Waals surface area contributed by atoms with Crippen molar-refractivity contribution in [2.75, 3.05) is 26.2 Å². The molecule has 0 aromatic carbocycles. The monoisotopic (exact) mass is 236 g/mol. The first-order valence-electron chi connectivity index (χ1n) is 4.88. The maximum atomic E-state index is 11.8. The molecule has 88 valence electrons. The Kier molecular flexibility index (Phi) is 4.06. The van der Waals surface area contributed by atoms with E-state index < -0.39 is 21.2 Å². The van der Waals surface area contributed by atoms with Gasteiger partial charge in [0.25, 0.3) is 0 Å². The van der Waals surface area contributed by atoms with Crippen molar-refractivity contribution in [3.8, 4) is 0 Å². The van der Waals surface area contributed by atoms with E-state index in [9.17, 15) is 13.2 Å². The summed E-state index contributed by atoms with van der Waals surface area (Å²) in [6.07, 6.45) is 0.714. The number of carboxylic acids is 1. The Balaban J connectivity index is 2.79. The van der Waals surface area contributed by atoms with Gasteiger partial charge in [-0.25, -0.2) is 8.42 Å². The molecular weight excluding hydrogens is 220 g/mol. The van der Waals surface area contributed by atoms with E-state index in [1.807, 2.05) is 0 Å². The third-order valence-corrected chi connectivity index (χ3v) is 4.63. The molecule has 1 heterocycles. The van der Waals surface area contributed by atoms with Crippen molar-refractivity contribution in [3.05, 3.63) is 0 Å². The first-order valence-corrected chi connectivity index (χ1v) is 6.39. The molecule has 7 heteroatoms. The molecule has 0 aliphatic carbocycles. The number of sulfonamides is 1. The maximum absolute atomic E-state index is 11.8. The van der Waals surface area contributed by atoms with E-state index in [2.05, 4.69) is 5.32 Å². The minimum atomic E-state index is -3.69. The summed E-state index contributed by atoms with van der Waals surface area (Å²) in [6.45, 7) is 3.29. The van der Waals surface area contributed by atoms with Gasteiger partial charge in [0.2, 0.25) is 10.0 Å². The van der Waals surface area contributed by atoms with Crippen LogP contribution in [-0.2, 0) is 14.8 Å². The van der Waals surface area contributed by atoms with Crippen LogP contribution in [0.2, 0.25) is 0 Å². The lowest BCUT2D eigenvalue weighted by Crippen LogP contribution is -2.42. The number of nitrogens with one attached hydrogen (secondary N) is 1. The summed E-state index contributed by atoms with van der Waals surface area (Å²) in [6, 6.07) is 0. The van der Waals surface area contributed by atoms with Gasteiger partial charge in [-0.1, -0.05) is 0 Å². The van der Waals surface area contributed by atoms with E-state index in [0.717, 1.165) is 6.54 Å². The molecule has 1 fully saturated rings. The Morgan fingerprint density at radius 3 is 2.67 bits per heavy atom. The molecule has 0 amide bonds. The lowest BCUT2D eigenvalue weighted by Gasteiger charge is -2.21. The standard InChI is InChI=1S/C8H16N2O4S/c1-7(8(11)12)15(13,14)10-5-2-3-9-4-6-10/h7,9H,2-6H2,1H3,(H,11,12). The average Bonchev–Trinajstić information content (AvgIpc) is 2.44. The van der Waals surface area contributed by atoms with Gasteiger partial charge < -0.3 is 10.4 Å². The SMILES string of the molecule is CC(C(=O)O)S(=O)(=O)N1CCCNCC1.